The maximum absolute atomic E-state index is 13.9. The van der Waals surface area contributed by atoms with Gasteiger partial charge in [-0.15, -0.1) is 0 Å². The summed E-state index contributed by atoms with van der Waals surface area (Å²) < 4.78 is 41.6. The highest BCUT2D eigenvalue weighted by Crippen LogP contribution is 2.38. The van der Waals surface area contributed by atoms with E-state index in [0.29, 0.717) is 23.8 Å². The van der Waals surface area contributed by atoms with Crippen LogP contribution in [0.25, 0.3) is 0 Å². The van der Waals surface area contributed by atoms with Crippen LogP contribution in [0.2, 0.25) is 0 Å². The van der Waals surface area contributed by atoms with Crippen molar-refractivity contribution in [3.05, 3.63) is 88.5 Å². The van der Waals surface area contributed by atoms with Crippen molar-refractivity contribution >= 4 is 23.6 Å². The van der Waals surface area contributed by atoms with E-state index in [2.05, 4.69) is 12.1 Å². The van der Waals surface area contributed by atoms with Crippen molar-refractivity contribution in [3.63, 3.8) is 0 Å². The molecule has 1 N–H and O–H groups in total. The normalized spacial score (nSPS) is 16.5. The Morgan fingerprint density at radius 1 is 1.06 bits per heavy atom. The van der Waals surface area contributed by atoms with Crippen molar-refractivity contribution in [2.75, 3.05) is 17.5 Å². The Balaban J connectivity index is 1.45. The molecule has 3 aromatic carbocycles. The summed E-state index contributed by atoms with van der Waals surface area (Å²) in [5, 5.41) is 9.12. The van der Waals surface area contributed by atoms with E-state index in [9.17, 15) is 13.6 Å². The van der Waals surface area contributed by atoms with Crippen LogP contribution >= 0.6 is 11.9 Å². The molecule has 35 heavy (non-hydrogen) atoms. The molecule has 5 nitrogen and oxygen atoms in total. The van der Waals surface area contributed by atoms with E-state index >= 15 is 0 Å². The fraction of sp³-hybridized carbons (Fsp3) is 0.296. The molecule has 1 atom stereocenters. The van der Waals surface area contributed by atoms with E-state index in [1.54, 1.807) is 12.1 Å². The fourth-order valence-corrected chi connectivity index (χ4v) is 5.47. The number of aryl methyl sites for hydroxylation is 2. The molecule has 8 heteroatoms. The van der Waals surface area contributed by atoms with Gasteiger partial charge < -0.3 is 18.9 Å². The van der Waals surface area contributed by atoms with Crippen LogP contribution in [0.1, 0.15) is 39.9 Å². The zero-order chi connectivity index (χ0) is 24.4. The van der Waals surface area contributed by atoms with E-state index in [1.165, 1.54) is 47.3 Å². The molecule has 0 amide bonds. The van der Waals surface area contributed by atoms with Crippen molar-refractivity contribution in [2.24, 2.45) is 0 Å². The highest BCUT2D eigenvalue weighted by molar-refractivity contribution is 8.00. The summed E-state index contributed by atoms with van der Waals surface area (Å²) in [4.78, 5) is 11.6. The van der Waals surface area contributed by atoms with Crippen molar-refractivity contribution in [3.8, 4) is 5.75 Å². The summed E-state index contributed by atoms with van der Waals surface area (Å²) >= 11 is 1.29. The topological polar surface area (TPSA) is 59.0 Å². The van der Waals surface area contributed by atoms with Gasteiger partial charge in [0, 0.05) is 23.1 Å². The molecule has 0 aromatic heterocycles. The lowest BCUT2D eigenvalue weighted by Gasteiger charge is -2.34. The zero-order valence-corrected chi connectivity index (χ0v) is 19.8. The van der Waals surface area contributed by atoms with Crippen LogP contribution in [0, 0.1) is 11.6 Å². The summed E-state index contributed by atoms with van der Waals surface area (Å²) in [6, 6.07) is 14.1. The maximum atomic E-state index is 13.9. The Bertz CT molecular complexity index is 1210. The molecule has 1 heterocycles. The summed E-state index contributed by atoms with van der Waals surface area (Å²) in [5.74, 6) is -1.66. The van der Waals surface area contributed by atoms with Gasteiger partial charge in [-0.25, -0.2) is 13.6 Å². The smallest absolute Gasteiger partial charge is 0.335 e. The quantitative estimate of drug-likeness (QED) is 0.364. The third kappa shape index (κ3) is 5.60. The molecular weight excluding hydrogens is 472 g/mol. The van der Waals surface area contributed by atoms with E-state index in [4.69, 9.17) is 14.6 Å². The molecule has 1 unspecified atom stereocenters. The van der Waals surface area contributed by atoms with Gasteiger partial charge in [0.25, 0.3) is 0 Å². The summed E-state index contributed by atoms with van der Waals surface area (Å²) in [7, 11) is 0. The number of anilines is 1. The van der Waals surface area contributed by atoms with Gasteiger partial charge in [0.05, 0.1) is 23.9 Å². The van der Waals surface area contributed by atoms with Crippen LogP contribution in [0.4, 0.5) is 14.5 Å². The lowest BCUT2D eigenvalue weighted by Crippen LogP contribution is -2.37. The number of fused-ring (bicyclic) bond motifs is 1. The van der Waals surface area contributed by atoms with Crippen molar-refractivity contribution in [2.45, 2.75) is 43.3 Å². The Labute approximate surface area is 206 Å². The highest BCUT2D eigenvalue weighted by Gasteiger charge is 2.26. The minimum Gasteiger partial charge on any atom is -0.489 e. The molecule has 1 saturated heterocycles. The first-order valence-electron chi connectivity index (χ1n) is 11.6. The molecule has 3 aromatic rings. The summed E-state index contributed by atoms with van der Waals surface area (Å²) in [6.07, 6.45) is 4.06. The predicted molar refractivity (Wildman–Crippen MR) is 130 cm³/mol. The van der Waals surface area contributed by atoms with Crippen LogP contribution in [0.5, 0.6) is 5.75 Å². The summed E-state index contributed by atoms with van der Waals surface area (Å²) in [5.41, 5.74) is 4.64. The molecule has 2 aliphatic rings. The van der Waals surface area contributed by atoms with Crippen LogP contribution in [-0.2, 0) is 24.2 Å². The lowest BCUT2D eigenvalue weighted by molar-refractivity contribution is -0.0426. The number of carboxylic acid groups (broad SMARTS) is 1. The Morgan fingerprint density at radius 2 is 1.74 bits per heavy atom. The van der Waals surface area contributed by atoms with Gasteiger partial charge in [-0.3, -0.25) is 0 Å². The first-order chi connectivity index (χ1) is 16.9. The Hall–Kier alpha value is -3.10. The standard InChI is InChI=1S/C27H25F2NO4S/c28-21-12-22(29)14-25(13-21)35-30(15-24-8-9-33-24)26-11-19-3-1-2-18(19)10-20(26)16-34-23-6-4-17(5-7-23)27(31)32/h4-7,10-14,24H,1-3,8-9,15-16H2,(H,31,32). The fourth-order valence-electron chi connectivity index (χ4n) is 4.37. The van der Waals surface area contributed by atoms with Crippen LogP contribution < -0.4 is 9.04 Å². The number of carbonyl (C=O) groups is 1. The highest BCUT2D eigenvalue weighted by atomic mass is 32.2. The molecule has 0 spiro atoms. The minimum absolute atomic E-state index is 0.0477. The molecule has 1 aliphatic carbocycles. The Kier molecular flexibility index (Phi) is 6.92. The predicted octanol–water partition coefficient (Wildman–Crippen LogP) is 6.03. The second-order valence-electron chi connectivity index (χ2n) is 8.76. The van der Waals surface area contributed by atoms with E-state index in [1.807, 2.05) is 4.31 Å². The minimum atomic E-state index is -0.989. The lowest BCUT2D eigenvalue weighted by atomic mass is 10.0. The SMILES string of the molecule is O=C(O)c1ccc(OCc2cc3c(cc2N(CC2CCO2)Sc2cc(F)cc(F)c2)CCC3)cc1. The number of benzene rings is 3. The second kappa shape index (κ2) is 10.3. The van der Waals surface area contributed by atoms with Crippen molar-refractivity contribution in [1.29, 1.82) is 0 Å². The molecule has 5 rings (SSSR count). The number of hydrogen-bond acceptors (Lipinski definition) is 5. The van der Waals surface area contributed by atoms with Gasteiger partial charge in [-0.2, -0.15) is 0 Å². The van der Waals surface area contributed by atoms with Crippen molar-refractivity contribution in [1.82, 2.24) is 0 Å². The van der Waals surface area contributed by atoms with Gasteiger partial charge in [-0.05, 0) is 91.2 Å². The molecule has 0 saturated carbocycles. The number of aromatic carboxylic acids is 1. The van der Waals surface area contributed by atoms with Crippen LogP contribution in [-0.4, -0.2) is 30.3 Å². The molecular formula is C27H25F2NO4S. The first-order valence-corrected chi connectivity index (χ1v) is 12.4. The number of nitrogens with zero attached hydrogens (tertiary/aromatic N) is 1. The number of carboxylic acids is 1. The van der Waals surface area contributed by atoms with Gasteiger partial charge in [0.1, 0.15) is 24.0 Å². The number of rotatable bonds is 9. The summed E-state index contributed by atoms with van der Waals surface area (Å²) in [6.45, 7) is 1.56. The van der Waals surface area contributed by atoms with Crippen LogP contribution in [0.15, 0.2) is 59.5 Å². The van der Waals surface area contributed by atoms with E-state index in [0.717, 1.165) is 43.0 Å². The Morgan fingerprint density at radius 3 is 2.37 bits per heavy atom. The third-order valence-electron chi connectivity index (χ3n) is 6.27. The molecule has 1 aliphatic heterocycles. The molecule has 0 bridgehead atoms. The largest absolute Gasteiger partial charge is 0.489 e. The number of ether oxygens (including phenoxy) is 2. The van der Waals surface area contributed by atoms with Gasteiger partial charge in [0.2, 0.25) is 0 Å². The second-order valence-corrected chi connectivity index (χ2v) is 9.86. The molecule has 1 fully saturated rings. The van der Waals surface area contributed by atoms with Gasteiger partial charge in [-0.1, -0.05) is 6.07 Å². The van der Waals surface area contributed by atoms with Crippen LogP contribution in [0.3, 0.4) is 0 Å². The van der Waals surface area contributed by atoms with Crippen molar-refractivity contribution < 1.29 is 28.2 Å². The van der Waals surface area contributed by atoms with Gasteiger partial charge >= 0.3 is 5.97 Å². The third-order valence-corrected chi connectivity index (χ3v) is 7.28. The average Bonchev–Trinajstić information content (AvgIpc) is 3.25. The first kappa shape index (κ1) is 23.6. The number of hydrogen-bond donors (Lipinski definition) is 1. The average molecular weight is 498 g/mol. The molecule has 0 radical (unpaired) electrons. The maximum Gasteiger partial charge on any atom is 0.335 e. The zero-order valence-electron chi connectivity index (χ0n) is 19.0. The van der Waals surface area contributed by atoms with E-state index in [-0.39, 0.29) is 18.3 Å². The monoisotopic (exact) mass is 497 g/mol. The van der Waals surface area contributed by atoms with Gasteiger partial charge in [0.15, 0.2) is 0 Å². The van der Waals surface area contributed by atoms with E-state index < -0.39 is 17.6 Å². The number of halogens is 2. The molecule has 182 valence electrons.